The van der Waals surface area contributed by atoms with Crippen LogP contribution in [0.15, 0.2) is 77.7 Å². The Morgan fingerprint density at radius 1 is 1.03 bits per heavy atom. The van der Waals surface area contributed by atoms with Gasteiger partial charge in [0.15, 0.2) is 0 Å². The lowest BCUT2D eigenvalue weighted by Gasteiger charge is -2.36. The van der Waals surface area contributed by atoms with Crippen LogP contribution >= 0.6 is 11.8 Å². The zero-order valence-electron chi connectivity index (χ0n) is 18.7. The summed E-state index contributed by atoms with van der Waals surface area (Å²) in [5.41, 5.74) is 5.40. The van der Waals surface area contributed by atoms with Crippen LogP contribution in [-0.2, 0) is 22.7 Å². The third-order valence-corrected chi connectivity index (χ3v) is 7.39. The molecular weight excluding hydrogens is 416 g/mol. The first kappa shape index (κ1) is 22.2. The second kappa shape index (κ2) is 9.61. The molecule has 164 valence electrons. The van der Waals surface area contributed by atoms with E-state index in [1.807, 2.05) is 66.4 Å². The molecule has 0 saturated carbocycles. The average Bonchev–Trinajstić information content (AvgIpc) is 2.81. The fraction of sp³-hybridized carbons (Fsp3) is 0.259. The van der Waals surface area contributed by atoms with Gasteiger partial charge in [-0.25, -0.2) is 0 Å². The van der Waals surface area contributed by atoms with Crippen LogP contribution in [0.2, 0.25) is 0 Å². The molecule has 5 heteroatoms. The number of nitrogens with one attached hydrogen (secondary N) is 1. The zero-order chi connectivity index (χ0) is 22.7. The van der Waals surface area contributed by atoms with E-state index in [0.29, 0.717) is 13.1 Å². The van der Waals surface area contributed by atoms with Gasteiger partial charge in [0.05, 0.1) is 18.2 Å². The number of benzene rings is 3. The number of thioether (sulfide) groups is 1. The van der Waals surface area contributed by atoms with Crippen molar-refractivity contribution in [2.45, 2.75) is 44.0 Å². The van der Waals surface area contributed by atoms with Gasteiger partial charge in [-0.2, -0.15) is 0 Å². The predicted octanol–water partition coefficient (Wildman–Crippen LogP) is 5.26. The number of hydrogen-bond donors (Lipinski definition) is 1. The number of rotatable bonds is 6. The standard InChI is InChI=1S/C27H28N2O2S/c1-18-13-14-19(2)22(15-18)17-29-23-11-7-8-12-24(23)32-25(27(29)31)20(3)26(30)28-16-21-9-5-4-6-10-21/h4-15,20,25H,16-17H2,1-3H3,(H,28,30)/t20-,25-/m0/s1. The molecule has 1 aliphatic rings. The van der Waals surface area contributed by atoms with Gasteiger partial charge in [-0.1, -0.05) is 73.2 Å². The molecule has 3 aromatic carbocycles. The predicted molar refractivity (Wildman–Crippen MR) is 131 cm³/mol. The second-order valence-electron chi connectivity index (χ2n) is 8.35. The Hall–Kier alpha value is -3.05. The van der Waals surface area contributed by atoms with Gasteiger partial charge in [0.25, 0.3) is 0 Å². The molecule has 2 amide bonds. The van der Waals surface area contributed by atoms with Gasteiger partial charge >= 0.3 is 0 Å². The van der Waals surface area contributed by atoms with Crippen LogP contribution in [0.3, 0.4) is 0 Å². The summed E-state index contributed by atoms with van der Waals surface area (Å²) in [7, 11) is 0. The zero-order valence-corrected chi connectivity index (χ0v) is 19.5. The first-order valence-corrected chi connectivity index (χ1v) is 11.8. The molecule has 1 heterocycles. The van der Waals surface area contributed by atoms with Gasteiger partial charge < -0.3 is 10.2 Å². The maximum absolute atomic E-state index is 13.6. The monoisotopic (exact) mass is 444 g/mol. The fourth-order valence-electron chi connectivity index (χ4n) is 3.94. The molecule has 0 bridgehead atoms. The highest BCUT2D eigenvalue weighted by molar-refractivity contribution is 8.01. The summed E-state index contributed by atoms with van der Waals surface area (Å²) in [6.07, 6.45) is 0. The van der Waals surface area contributed by atoms with Crippen molar-refractivity contribution < 1.29 is 9.59 Å². The quantitative estimate of drug-likeness (QED) is 0.564. The normalized spacial score (nSPS) is 16.4. The highest BCUT2D eigenvalue weighted by Crippen LogP contribution is 2.42. The molecule has 0 aromatic heterocycles. The van der Waals surface area contributed by atoms with E-state index in [9.17, 15) is 9.59 Å². The molecule has 1 aliphatic heterocycles. The Kier molecular flexibility index (Phi) is 6.66. The van der Waals surface area contributed by atoms with E-state index < -0.39 is 11.2 Å². The number of aryl methyl sites for hydroxylation is 2. The van der Waals surface area contributed by atoms with Crippen LogP contribution in [0, 0.1) is 19.8 Å². The highest BCUT2D eigenvalue weighted by atomic mass is 32.2. The van der Waals surface area contributed by atoms with E-state index >= 15 is 0 Å². The van der Waals surface area contributed by atoms with Gasteiger partial charge in [0, 0.05) is 11.4 Å². The number of nitrogens with zero attached hydrogens (tertiary/aromatic N) is 1. The molecule has 2 atom stereocenters. The van der Waals surface area contributed by atoms with Crippen LogP contribution in [0.1, 0.15) is 29.2 Å². The van der Waals surface area contributed by atoms with Gasteiger partial charge in [-0.05, 0) is 42.7 Å². The van der Waals surface area contributed by atoms with Gasteiger partial charge in [-0.15, -0.1) is 11.8 Å². The number of para-hydroxylation sites is 1. The lowest BCUT2D eigenvalue weighted by atomic mass is 10.0. The minimum atomic E-state index is -0.467. The molecular formula is C27H28N2O2S. The molecule has 0 spiro atoms. The molecule has 32 heavy (non-hydrogen) atoms. The van der Waals surface area contributed by atoms with E-state index in [1.165, 1.54) is 17.3 Å². The first-order valence-electron chi connectivity index (χ1n) is 10.9. The number of anilines is 1. The molecule has 0 radical (unpaired) electrons. The minimum Gasteiger partial charge on any atom is -0.352 e. The summed E-state index contributed by atoms with van der Waals surface area (Å²) in [6.45, 7) is 6.94. The number of amides is 2. The lowest BCUT2D eigenvalue weighted by Crippen LogP contribution is -2.47. The minimum absolute atomic E-state index is 0.0167. The summed E-state index contributed by atoms with van der Waals surface area (Å²) in [6, 6.07) is 24.1. The third-order valence-electron chi connectivity index (χ3n) is 5.93. The number of hydrogen-bond acceptors (Lipinski definition) is 3. The van der Waals surface area contributed by atoms with Crippen LogP contribution in [-0.4, -0.2) is 17.1 Å². The molecule has 4 nitrogen and oxygen atoms in total. The Morgan fingerprint density at radius 3 is 2.53 bits per heavy atom. The maximum atomic E-state index is 13.6. The van der Waals surface area contributed by atoms with Crippen molar-refractivity contribution in [3.8, 4) is 0 Å². The summed E-state index contributed by atoms with van der Waals surface area (Å²) < 4.78 is 0. The highest BCUT2D eigenvalue weighted by Gasteiger charge is 2.39. The average molecular weight is 445 g/mol. The molecule has 0 aliphatic carbocycles. The Bertz CT molecular complexity index is 1130. The smallest absolute Gasteiger partial charge is 0.241 e. The number of fused-ring (bicyclic) bond motifs is 1. The van der Waals surface area contributed by atoms with Crippen LogP contribution in [0.25, 0.3) is 0 Å². The maximum Gasteiger partial charge on any atom is 0.241 e. The van der Waals surface area contributed by atoms with Crippen LogP contribution in [0.5, 0.6) is 0 Å². The topological polar surface area (TPSA) is 49.4 Å². The van der Waals surface area contributed by atoms with Crippen molar-refractivity contribution in [3.05, 3.63) is 95.1 Å². The van der Waals surface area contributed by atoms with Crippen molar-refractivity contribution in [1.29, 1.82) is 0 Å². The van der Waals surface area contributed by atoms with E-state index in [4.69, 9.17) is 0 Å². The fourth-order valence-corrected chi connectivity index (χ4v) is 5.23. The van der Waals surface area contributed by atoms with E-state index in [1.54, 1.807) is 0 Å². The first-order chi connectivity index (χ1) is 15.4. The largest absolute Gasteiger partial charge is 0.352 e. The third kappa shape index (κ3) is 4.73. The van der Waals surface area contributed by atoms with Crippen molar-refractivity contribution >= 4 is 29.3 Å². The summed E-state index contributed by atoms with van der Waals surface area (Å²) in [5, 5.41) is 2.53. The molecule has 0 unspecified atom stereocenters. The van der Waals surface area contributed by atoms with Gasteiger partial charge in [0.1, 0.15) is 5.25 Å². The van der Waals surface area contributed by atoms with Crippen molar-refractivity contribution in [2.24, 2.45) is 5.92 Å². The Balaban J connectivity index is 1.56. The van der Waals surface area contributed by atoms with Crippen molar-refractivity contribution in [3.63, 3.8) is 0 Å². The van der Waals surface area contributed by atoms with Crippen molar-refractivity contribution in [1.82, 2.24) is 5.32 Å². The Labute approximate surface area is 194 Å². The van der Waals surface area contributed by atoms with E-state index in [0.717, 1.165) is 27.3 Å². The van der Waals surface area contributed by atoms with Gasteiger partial charge in [-0.3, -0.25) is 9.59 Å². The van der Waals surface area contributed by atoms with Crippen molar-refractivity contribution in [2.75, 3.05) is 4.90 Å². The lowest BCUT2D eigenvalue weighted by molar-refractivity contribution is -0.128. The summed E-state index contributed by atoms with van der Waals surface area (Å²) in [4.78, 5) is 29.5. The summed E-state index contributed by atoms with van der Waals surface area (Å²) >= 11 is 1.49. The van der Waals surface area contributed by atoms with Crippen LogP contribution in [0.4, 0.5) is 5.69 Å². The molecule has 4 rings (SSSR count). The van der Waals surface area contributed by atoms with Crippen LogP contribution < -0.4 is 10.2 Å². The molecule has 1 N–H and O–H groups in total. The van der Waals surface area contributed by atoms with Gasteiger partial charge in [0.2, 0.25) is 11.8 Å². The summed E-state index contributed by atoms with van der Waals surface area (Å²) in [5.74, 6) is -0.576. The molecule has 3 aromatic rings. The van der Waals surface area contributed by atoms with E-state index in [-0.39, 0.29) is 11.8 Å². The Morgan fingerprint density at radius 2 is 1.75 bits per heavy atom. The SMILES string of the molecule is Cc1ccc(C)c(CN2C(=O)[C@H]([C@H](C)C(=O)NCc3ccccc3)Sc3ccccc32)c1. The molecule has 0 saturated heterocycles. The number of carbonyl (C=O) groups excluding carboxylic acids is 2. The molecule has 0 fully saturated rings. The second-order valence-corrected chi connectivity index (χ2v) is 9.54. The number of carbonyl (C=O) groups is 2. The van der Waals surface area contributed by atoms with E-state index in [2.05, 4.69) is 37.4 Å².